The molecule has 1 heterocycles. The molecule has 0 aliphatic carbocycles. The van der Waals surface area contributed by atoms with Crippen molar-refractivity contribution in [3.8, 4) is 5.75 Å². The molecule has 0 radical (unpaired) electrons. The first kappa shape index (κ1) is 15.5. The minimum Gasteiger partial charge on any atom is -0.495 e. The van der Waals surface area contributed by atoms with Gasteiger partial charge < -0.3 is 10.1 Å². The molecule has 3 rings (SSSR count). The van der Waals surface area contributed by atoms with Crippen LogP contribution < -0.4 is 21.2 Å². The van der Waals surface area contributed by atoms with Crippen LogP contribution >= 0.6 is 0 Å². The van der Waals surface area contributed by atoms with Crippen LogP contribution in [0.25, 0.3) is 10.8 Å². The third kappa shape index (κ3) is 2.91. The highest BCUT2D eigenvalue weighted by Crippen LogP contribution is 2.22. The van der Waals surface area contributed by atoms with Gasteiger partial charge in [0.25, 0.3) is 11.1 Å². The highest BCUT2D eigenvalue weighted by molar-refractivity contribution is 5.92. The molecule has 0 aliphatic rings. The molecule has 2 N–H and O–H groups in total. The Kier molecular flexibility index (Phi) is 4.15. The number of fused-ring (bicyclic) bond motifs is 1. The minimum atomic E-state index is -0.451. The molecule has 0 spiro atoms. The number of rotatable bonds is 4. The Morgan fingerprint density at radius 1 is 1.08 bits per heavy atom. The van der Waals surface area contributed by atoms with E-state index in [2.05, 4.69) is 10.4 Å². The van der Waals surface area contributed by atoms with Gasteiger partial charge in [0.1, 0.15) is 12.3 Å². The molecule has 1 amide bonds. The molecule has 7 nitrogen and oxygen atoms in total. The lowest BCUT2D eigenvalue weighted by molar-refractivity contribution is -0.117. The molecule has 0 unspecified atom stereocenters. The maximum Gasteiger partial charge on any atom is 0.273 e. The molecule has 0 saturated carbocycles. The number of anilines is 1. The molecule has 0 bridgehead atoms. The maximum atomic E-state index is 12.4. The van der Waals surface area contributed by atoms with Gasteiger partial charge in [0, 0.05) is 0 Å². The van der Waals surface area contributed by atoms with E-state index in [0.717, 1.165) is 4.68 Å². The Bertz CT molecular complexity index is 1020. The molecule has 1 aromatic heterocycles. The zero-order chi connectivity index (χ0) is 17.1. The van der Waals surface area contributed by atoms with E-state index in [0.29, 0.717) is 16.8 Å². The van der Waals surface area contributed by atoms with Gasteiger partial charge in [0.2, 0.25) is 5.91 Å². The van der Waals surface area contributed by atoms with Crippen molar-refractivity contribution < 1.29 is 9.53 Å². The average Bonchev–Trinajstić information content (AvgIpc) is 2.60. The number of nitrogens with one attached hydrogen (secondary N) is 2. The summed E-state index contributed by atoms with van der Waals surface area (Å²) in [5, 5.41) is 5.64. The summed E-state index contributed by atoms with van der Waals surface area (Å²) in [6.45, 7) is -0.309. The van der Waals surface area contributed by atoms with Crippen LogP contribution in [0, 0.1) is 0 Å². The number of methoxy groups -OCH3 is 1. The number of amides is 1. The van der Waals surface area contributed by atoms with Gasteiger partial charge in [-0.3, -0.25) is 19.5 Å². The van der Waals surface area contributed by atoms with Crippen LogP contribution in [0.2, 0.25) is 0 Å². The van der Waals surface area contributed by atoms with E-state index < -0.39 is 17.0 Å². The van der Waals surface area contributed by atoms with Crippen molar-refractivity contribution in [1.82, 2.24) is 9.78 Å². The predicted octanol–water partition coefficient (Wildman–Crippen LogP) is 1.34. The van der Waals surface area contributed by atoms with Crippen molar-refractivity contribution >= 4 is 22.4 Å². The summed E-state index contributed by atoms with van der Waals surface area (Å²) in [4.78, 5) is 36.6. The number of hydrogen-bond acceptors (Lipinski definition) is 4. The maximum absolute atomic E-state index is 12.4. The number of carbonyl (C=O) groups is 1. The van der Waals surface area contributed by atoms with Crippen molar-refractivity contribution in [2.45, 2.75) is 6.54 Å². The molecule has 24 heavy (non-hydrogen) atoms. The number of nitrogens with zero attached hydrogens (tertiary/aromatic N) is 1. The van der Waals surface area contributed by atoms with E-state index in [4.69, 9.17) is 4.74 Å². The highest BCUT2D eigenvalue weighted by Gasteiger charge is 2.11. The van der Waals surface area contributed by atoms with Gasteiger partial charge in [-0.1, -0.05) is 24.3 Å². The van der Waals surface area contributed by atoms with Gasteiger partial charge in [-0.25, -0.2) is 4.68 Å². The first-order valence-electron chi connectivity index (χ1n) is 7.25. The Morgan fingerprint density at radius 2 is 1.75 bits per heavy atom. The third-order valence-corrected chi connectivity index (χ3v) is 3.57. The second-order valence-corrected chi connectivity index (χ2v) is 5.13. The van der Waals surface area contributed by atoms with Crippen LogP contribution in [0.5, 0.6) is 5.75 Å². The average molecular weight is 325 g/mol. The summed E-state index contributed by atoms with van der Waals surface area (Å²) >= 11 is 0. The van der Waals surface area contributed by atoms with Crippen molar-refractivity contribution in [3.05, 3.63) is 69.2 Å². The largest absolute Gasteiger partial charge is 0.495 e. The zero-order valence-corrected chi connectivity index (χ0v) is 12.9. The van der Waals surface area contributed by atoms with Gasteiger partial charge >= 0.3 is 0 Å². The second-order valence-electron chi connectivity index (χ2n) is 5.13. The first-order chi connectivity index (χ1) is 11.6. The fourth-order valence-corrected chi connectivity index (χ4v) is 2.44. The van der Waals surface area contributed by atoms with E-state index in [1.165, 1.54) is 7.11 Å². The number of hydrogen-bond donors (Lipinski definition) is 2. The summed E-state index contributed by atoms with van der Waals surface area (Å²) < 4.78 is 6.15. The Morgan fingerprint density at radius 3 is 2.50 bits per heavy atom. The molecule has 0 fully saturated rings. The third-order valence-electron chi connectivity index (χ3n) is 3.57. The summed E-state index contributed by atoms with van der Waals surface area (Å²) in [6.07, 6.45) is 0. The predicted molar refractivity (Wildman–Crippen MR) is 90.5 cm³/mol. The summed E-state index contributed by atoms with van der Waals surface area (Å²) in [5.74, 6) is 0.0535. The molecular weight excluding hydrogens is 310 g/mol. The van der Waals surface area contributed by atoms with Gasteiger partial charge in [0.15, 0.2) is 0 Å². The molecule has 7 heteroatoms. The summed E-state index contributed by atoms with van der Waals surface area (Å²) in [5.41, 5.74) is -0.364. The van der Waals surface area contributed by atoms with Crippen molar-refractivity contribution in [2.24, 2.45) is 0 Å². The first-order valence-corrected chi connectivity index (χ1v) is 7.25. The number of para-hydroxylation sites is 2. The van der Waals surface area contributed by atoms with Gasteiger partial charge in [-0.05, 0) is 24.3 Å². The summed E-state index contributed by atoms with van der Waals surface area (Å²) in [7, 11) is 1.50. The van der Waals surface area contributed by atoms with E-state index in [1.807, 2.05) is 0 Å². The van der Waals surface area contributed by atoms with Crippen LogP contribution in [0.3, 0.4) is 0 Å². The lowest BCUT2D eigenvalue weighted by Crippen LogP contribution is -2.34. The van der Waals surface area contributed by atoms with Crippen molar-refractivity contribution in [1.29, 1.82) is 0 Å². The SMILES string of the molecule is COc1ccccc1NC(=O)Cn1[nH]c(=O)c2ccccc2c1=O. The number of aromatic nitrogens is 2. The molecular formula is C17H15N3O4. The lowest BCUT2D eigenvalue weighted by atomic mass is 10.2. The van der Waals surface area contributed by atoms with Gasteiger partial charge in [-0.2, -0.15) is 0 Å². The Labute approximate surface area is 136 Å². The molecule has 0 saturated heterocycles. The van der Waals surface area contributed by atoms with Gasteiger partial charge in [-0.15, -0.1) is 0 Å². The highest BCUT2D eigenvalue weighted by atomic mass is 16.5. The number of ether oxygens (including phenoxy) is 1. The quantitative estimate of drug-likeness (QED) is 0.757. The Hall–Kier alpha value is -3.35. The number of carbonyl (C=O) groups excluding carboxylic acids is 1. The fourth-order valence-electron chi connectivity index (χ4n) is 2.44. The second kappa shape index (κ2) is 6.41. The van der Waals surface area contributed by atoms with Crippen LogP contribution in [-0.2, 0) is 11.3 Å². The van der Waals surface area contributed by atoms with Crippen molar-refractivity contribution in [3.63, 3.8) is 0 Å². The lowest BCUT2D eigenvalue weighted by Gasteiger charge is -2.11. The van der Waals surface area contributed by atoms with E-state index in [-0.39, 0.29) is 11.9 Å². The molecule has 122 valence electrons. The van der Waals surface area contributed by atoms with Crippen LogP contribution in [0.1, 0.15) is 0 Å². The zero-order valence-electron chi connectivity index (χ0n) is 12.9. The van der Waals surface area contributed by atoms with Gasteiger partial charge in [0.05, 0.1) is 23.6 Å². The van der Waals surface area contributed by atoms with E-state index >= 15 is 0 Å². The molecule has 2 aromatic carbocycles. The number of benzene rings is 2. The van der Waals surface area contributed by atoms with Crippen LogP contribution in [0.15, 0.2) is 58.1 Å². The Balaban J connectivity index is 1.90. The van der Waals surface area contributed by atoms with E-state index in [1.54, 1.807) is 48.5 Å². The summed E-state index contributed by atoms with van der Waals surface area (Å²) in [6, 6.07) is 13.4. The van der Waals surface area contributed by atoms with Crippen LogP contribution in [0.4, 0.5) is 5.69 Å². The fraction of sp³-hybridized carbons (Fsp3) is 0.118. The van der Waals surface area contributed by atoms with Crippen LogP contribution in [-0.4, -0.2) is 22.8 Å². The minimum absolute atomic E-state index is 0.270. The van der Waals surface area contributed by atoms with E-state index in [9.17, 15) is 14.4 Å². The topological polar surface area (TPSA) is 93.2 Å². The number of H-pyrrole nitrogens is 1. The smallest absolute Gasteiger partial charge is 0.273 e. The normalized spacial score (nSPS) is 10.5. The van der Waals surface area contributed by atoms with Crippen molar-refractivity contribution in [2.75, 3.05) is 12.4 Å². The monoisotopic (exact) mass is 325 g/mol. The molecule has 3 aromatic rings. The number of aromatic amines is 1. The standard InChI is InChI=1S/C17H15N3O4/c1-24-14-9-5-4-8-13(14)18-15(21)10-20-17(23)12-7-3-2-6-11(12)16(22)19-20/h2-9H,10H2,1H3,(H,18,21)(H,19,22). The molecule has 0 aliphatic heterocycles. The molecule has 0 atom stereocenters.